The van der Waals surface area contributed by atoms with Crippen LogP contribution in [0, 0.1) is 6.92 Å². The Labute approximate surface area is 222 Å². The van der Waals surface area contributed by atoms with E-state index in [0.29, 0.717) is 28.1 Å². The van der Waals surface area contributed by atoms with Crippen molar-refractivity contribution < 1.29 is 29.0 Å². The minimum absolute atomic E-state index is 0.0126. The number of benzene rings is 3. The van der Waals surface area contributed by atoms with Crippen LogP contribution in [0.2, 0.25) is 0 Å². The summed E-state index contributed by atoms with van der Waals surface area (Å²) in [5.74, 6) is -1.63. The fourth-order valence-corrected chi connectivity index (χ4v) is 4.43. The van der Waals surface area contributed by atoms with Gasteiger partial charge in [0.2, 0.25) is 0 Å². The van der Waals surface area contributed by atoms with Crippen LogP contribution in [-0.2, 0) is 14.3 Å². The van der Waals surface area contributed by atoms with E-state index in [0.717, 1.165) is 5.56 Å². The van der Waals surface area contributed by atoms with E-state index in [9.17, 15) is 19.5 Å². The Bertz CT molecular complexity index is 1390. The molecule has 1 fully saturated rings. The number of amides is 1. The summed E-state index contributed by atoms with van der Waals surface area (Å²) in [4.78, 5) is 40.4. The maximum Gasteiger partial charge on any atom is 0.338 e. The number of carbonyl (C=O) groups excluding carboxylic acids is 3. The molecule has 4 rings (SSSR count). The van der Waals surface area contributed by atoms with Crippen LogP contribution in [0.4, 0.5) is 5.69 Å². The minimum Gasteiger partial charge on any atom is -0.507 e. The monoisotopic (exact) mass is 513 g/mol. The quantitative estimate of drug-likeness (QED) is 0.181. The third kappa shape index (κ3) is 5.32. The van der Waals surface area contributed by atoms with Crippen LogP contribution >= 0.6 is 0 Å². The number of aliphatic hydroxyl groups excluding tert-OH is 1. The zero-order chi connectivity index (χ0) is 27.6. The lowest BCUT2D eigenvalue weighted by molar-refractivity contribution is -0.132. The van der Waals surface area contributed by atoms with Crippen LogP contribution in [0.5, 0.6) is 5.75 Å². The molecule has 1 N–H and O–H groups in total. The van der Waals surface area contributed by atoms with Crippen molar-refractivity contribution in [2.24, 2.45) is 0 Å². The normalized spacial score (nSPS) is 16.8. The molecule has 196 valence electrons. The Morgan fingerprint density at radius 3 is 2.08 bits per heavy atom. The SMILES string of the molecule is Cc1cc(/C(O)=C2/C(=O)C(=O)N(c3ccc(C(=O)OC(C)C)cc3)C2c2ccccc2)ccc1OC(C)C. The zero-order valence-electron chi connectivity index (χ0n) is 22.1. The Hall–Kier alpha value is -4.39. The van der Waals surface area contributed by atoms with E-state index in [1.807, 2.05) is 39.0 Å². The predicted molar refractivity (Wildman–Crippen MR) is 145 cm³/mol. The highest BCUT2D eigenvalue weighted by Gasteiger charge is 2.47. The molecule has 1 aliphatic rings. The summed E-state index contributed by atoms with van der Waals surface area (Å²) >= 11 is 0. The standard InChI is InChI=1S/C31H31NO6/c1-18(2)37-25-16-13-23(17-20(25)5)28(33)26-27(21-9-7-6-8-10-21)32(30(35)29(26)34)24-14-11-22(12-15-24)31(36)38-19(3)4/h6-19,27,33H,1-5H3/b28-26-. The van der Waals surface area contributed by atoms with Crippen LogP contribution in [-0.4, -0.2) is 35.0 Å². The number of nitrogens with zero attached hydrogens (tertiary/aromatic N) is 1. The molecule has 0 spiro atoms. The second-order valence-electron chi connectivity index (χ2n) is 9.73. The number of esters is 1. The van der Waals surface area contributed by atoms with E-state index in [4.69, 9.17) is 9.47 Å². The predicted octanol–water partition coefficient (Wildman–Crippen LogP) is 5.97. The highest BCUT2D eigenvalue weighted by Crippen LogP contribution is 2.42. The number of anilines is 1. The molecule has 7 heteroatoms. The van der Waals surface area contributed by atoms with Crippen LogP contribution < -0.4 is 9.64 Å². The van der Waals surface area contributed by atoms with Gasteiger partial charge in [0, 0.05) is 11.3 Å². The summed E-state index contributed by atoms with van der Waals surface area (Å²) in [5.41, 5.74) is 2.59. The van der Waals surface area contributed by atoms with Crippen molar-refractivity contribution in [3.05, 3.63) is 101 Å². The lowest BCUT2D eigenvalue weighted by atomic mass is 9.94. The maximum atomic E-state index is 13.4. The molecule has 38 heavy (non-hydrogen) atoms. The zero-order valence-corrected chi connectivity index (χ0v) is 22.1. The van der Waals surface area contributed by atoms with Gasteiger partial charge in [-0.15, -0.1) is 0 Å². The second-order valence-corrected chi connectivity index (χ2v) is 9.73. The summed E-state index contributed by atoms with van der Waals surface area (Å²) in [6, 6.07) is 19.6. The Kier molecular flexibility index (Phi) is 7.67. The van der Waals surface area contributed by atoms with Crippen molar-refractivity contribution in [3.63, 3.8) is 0 Å². The third-order valence-electron chi connectivity index (χ3n) is 6.09. The van der Waals surface area contributed by atoms with Crippen molar-refractivity contribution in [3.8, 4) is 5.75 Å². The Morgan fingerprint density at radius 1 is 0.868 bits per heavy atom. The van der Waals surface area contributed by atoms with E-state index in [2.05, 4.69) is 0 Å². The molecule has 3 aromatic rings. The summed E-state index contributed by atoms with van der Waals surface area (Å²) in [5, 5.41) is 11.4. The highest BCUT2D eigenvalue weighted by molar-refractivity contribution is 6.51. The first-order valence-corrected chi connectivity index (χ1v) is 12.5. The van der Waals surface area contributed by atoms with Gasteiger partial charge in [0.05, 0.1) is 29.4 Å². The van der Waals surface area contributed by atoms with E-state index >= 15 is 0 Å². The molecular weight excluding hydrogens is 482 g/mol. The molecule has 0 radical (unpaired) electrons. The van der Waals surface area contributed by atoms with Gasteiger partial charge in [-0.1, -0.05) is 30.3 Å². The van der Waals surface area contributed by atoms with Crippen molar-refractivity contribution in [1.82, 2.24) is 0 Å². The molecule has 1 heterocycles. The fourth-order valence-electron chi connectivity index (χ4n) is 4.43. The molecule has 0 aliphatic carbocycles. The first-order valence-electron chi connectivity index (χ1n) is 12.5. The molecule has 1 unspecified atom stereocenters. The average Bonchev–Trinajstić information content (AvgIpc) is 3.15. The van der Waals surface area contributed by atoms with Crippen LogP contribution in [0.1, 0.15) is 60.8 Å². The van der Waals surface area contributed by atoms with E-state index in [1.54, 1.807) is 68.4 Å². The molecule has 1 atom stereocenters. The van der Waals surface area contributed by atoms with Gasteiger partial charge in [-0.25, -0.2) is 4.79 Å². The average molecular weight is 514 g/mol. The highest BCUT2D eigenvalue weighted by atomic mass is 16.5. The maximum absolute atomic E-state index is 13.4. The first kappa shape index (κ1) is 26.7. The molecule has 7 nitrogen and oxygen atoms in total. The number of Topliss-reactive ketones (excluding diaryl/α,β-unsaturated/α-hetero) is 1. The lowest BCUT2D eigenvalue weighted by Gasteiger charge is -2.25. The van der Waals surface area contributed by atoms with Crippen molar-refractivity contribution in [2.75, 3.05) is 4.90 Å². The number of ketones is 1. The van der Waals surface area contributed by atoms with E-state index < -0.39 is 23.7 Å². The van der Waals surface area contributed by atoms with Crippen molar-refractivity contribution in [2.45, 2.75) is 52.9 Å². The molecule has 1 amide bonds. The van der Waals surface area contributed by atoms with Crippen LogP contribution in [0.25, 0.3) is 5.76 Å². The molecule has 1 saturated heterocycles. The number of carbonyl (C=O) groups is 3. The van der Waals surface area contributed by atoms with Crippen molar-refractivity contribution >= 4 is 29.1 Å². The van der Waals surface area contributed by atoms with Gasteiger partial charge in [0.1, 0.15) is 11.5 Å². The third-order valence-corrected chi connectivity index (χ3v) is 6.09. The first-order chi connectivity index (χ1) is 18.1. The van der Waals surface area contributed by atoms with Crippen LogP contribution in [0.15, 0.2) is 78.4 Å². The Morgan fingerprint density at radius 2 is 1.50 bits per heavy atom. The molecular formula is C31H31NO6. The topological polar surface area (TPSA) is 93.1 Å². The number of ether oxygens (including phenoxy) is 2. The summed E-state index contributed by atoms with van der Waals surface area (Å²) in [7, 11) is 0. The molecule has 3 aromatic carbocycles. The van der Waals surface area contributed by atoms with Gasteiger partial charge in [-0.05, 0) is 88.2 Å². The molecule has 1 aliphatic heterocycles. The summed E-state index contributed by atoms with van der Waals surface area (Å²) in [6.07, 6.45) is -0.289. The fraction of sp³-hybridized carbons (Fsp3) is 0.258. The van der Waals surface area contributed by atoms with Gasteiger partial charge in [-0.3, -0.25) is 14.5 Å². The molecule has 0 bridgehead atoms. The summed E-state index contributed by atoms with van der Waals surface area (Å²) in [6.45, 7) is 9.23. The van der Waals surface area contributed by atoms with Crippen LogP contribution in [0.3, 0.4) is 0 Å². The largest absolute Gasteiger partial charge is 0.507 e. The number of hydrogen-bond acceptors (Lipinski definition) is 6. The minimum atomic E-state index is -0.864. The molecule has 0 saturated carbocycles. The second kappa shape index (κ2) is 10.9. The van der Waals surface area contributed by atoms with Crippen molar-refractivity contribution in [1.29, 1.82) is 0 Å². The van der Waals surface area contributed by atoms with Gasteiger partial charge in [0.25, 0.3) is 11.7 Å². The van der Waals surface area contributed by atoms with E-state index in [1.165, 1.54) is 4.90 Å². The number of aryl methyl sites for hydroxylation is 1. The smallest absolute Gasteiger partial charge is 0.338 e. The number of hydrogen-bond donors (Lipinski definition) is 1. The number of aliphatic hydroxyl groups is 1. The molecule has 0 aromatic heterocycles. The number of rotatable bonds is 7. The van der Waals surface area contributed by atoms with Gasteiger partial charge in [0.15, 0.2) is 0 Å². The van der Waals surface area contributed by atoms with Gasteiger partial charge < -0.3 is 14.6 Å². The summed E-state index contributed by atoms with van der Waals surface area (Å²) < 4.78 is 11.0. The van der Waals surface area contributed by atoms with Gasteiger partial charge >= 0.3 is 5.97 Å². The van der Waals surface area contributed by atoms with Gasteiger partial charge in [-0.2, -0.15) is 0 Å². The van der Waals surface area contributed by atoms with E-state index in [-0.39, 0.29) is 23.5 Å². The Balaban J connectivity index is 1.80. The lowest BCUT2D eigenvalue weighted by Crippen LogP contribution is -2.29.